The lowest BCUT2D eigenvalue weighted by molar-refractivity contribution is -0.281. The molecule has 3 fully saturated rings. The van der Waals surface area contributed by atoms with Crippen molar-refractivity contribution in [3.8, 4) is 0 Å². The van der Waals surface area contributed by atoms with Crippen LogP contribution in [0.15, 0.2) is 48.6 Å². The molecule has 3 rings (SSSR count). The van der Waals surface area contributed by atoms with Crippen molar-refractivity contribution in [3.05, 3.63) is 48.6 Å². The van der Waals surface area contributed by atoms with Crippen molar-refractivity contribution in [2.75, 3.05) is 0 Å². The molecule has 1 heterocycles. The fourth-order valence-corrected chi connectivity index (χ4v) is 8.73. The first-order chi connectivity index (χ1) is 23.6. The zero-order valence-corrected chi connectivity index (χ0v) is 32.4. The predicted octanol–water partition coefficient (Wildman–Crippen LogP) is 15.1. The highest BCUT2D eigenvalue weighted by molar-refractivity contribution is 5.06. The minimum absolute atomic E-state index is 0.216. The van der Waals surface area contributed by atoms with Crippen LogP contribution in [0, 0.1) is 11.3 Å². The summed E-state index contributed by atoms with van der Waals surface area (Å²) in [6.45, 7) is 6.91. The van der Waals surface area contributed by atoms with Crippen LogP contribution in [-0.4, -0.2) is 18.0 Å². The Balaban J connectivity index is 1.22. The lowest BCUT2D eigenvalue weighted by Gasteiger charge is -2.54. The minimum Gasteiger partial charge on any atom is -0.344 e. The molecule has 48 heavy (non-hydrogen) atoms. The largest absolute Gasteiger partial charge is 0.344 e. The molecule has 2 nitrogen and oxygen atoms in total. The lowest BCUT2D eigenvalue weighted by atomic mass is 9.59. The van der Waals surface area contributed by atoms with Gasteiger partial charge in [0.15, 0.2) is 5.79 Å². The van der Waals surface area contributed by atoms with Crippen molar-refractivity contribution < 1.29 is 9.47 Å². The van der Waals surface area contributed by atoms with Gasteiger partial charge in [-0.2, -0.15) is 0 Å². The Bertz CT molecular complexity index is 824. The first-order valence-corrected chi connectivity index (χ1v) is 21.6. The van der Waals surface area contributed by atoms with E-state index in [-0.39, 0.29) is 5.79 Å². The fourth-order valence-electron chi connectivity index (χ4n) is 8.73. The average molecular weight is 665 g/mol. The van der Waals surface area contributed by atoms with Crippen molar-refractivity contribution >= 4 is 0 Å². The van der Waals surface area contributed by atoms with Crippen LogP contribution in [0.3, 0.4) is 0 Å². The number of rotatable bonds is 30. The van der Waals surface area contributed by atoms with Crippen molar-refractivity contribution in [3.63, 3.8) is 0 Å². The zero-order valence-electron chi connectivity index (χ0n) is 32.4. The van der Waals surface area contributed by atoms with Gasteiger partial charge in [-0.15, -0.1) is 0 Å². The van der Waals surface area contributed by atoms with Gasteiger partial charge < -0.3 is 9.47 Å². The predicted molar refractivity (Wildman–Crippen MR) is 210 cm³/mol. The summed E-state index contributed by atoms with van der Waals surface area (Å²) in [5.41, 5.74) is 0.481. The van der Waals surface area contributed by atoms with Crippen LogP contribution in [0.5, 0.6) is 0 Å². The van der Waals surface area contributed by atoms with Gasteiger partial charge in [-0.3, -0.25) is 0 Å². The zero-order chi connectivity index (χ0) is 34.0. The van der Waals surface area contributed by atoms with E-state index in [0.29, 0.717) is 17.6 Å². The van der Waals surface area contributed by atoms with Crippen LogP contribution in [0.4, 0.5) is 0 Å². The molecule has 1 spiro atoms. The normalized spacial score (nSPS) is 23.1. The molecule has 1 unspecified atom stereocenters. The summed E-state index contributed by atoms with van der Waals surface area (Å²) in [5.74, 6) is 0.547. The number of hydrogen-bond donors (Lipinski definition) is 0. The lowest BCUT2D eigenvalue weighted by Crippen LogP contribution is -2.53. The van der Waals surface area contributed by atoms with Crippen LogP contribution in [0.25, 0.3) is 0 Å². The van der Waals surface area contributed by atoms with Crippen LogP contribution in [0.1, 0.15) is 213 Å². The molecule has 3 aliphatic rings. The van der Waals surface area contributed by atoms with Crippen LogP contribution >= 0.6 is 0 Å². The van der Waals surface area contributed by atoms with E-state index in [9.17, 15) is 0 Å². The molecule has 0 aromatic carbocycles. The average Bonchev–Trinajstić information content (AvgIpc) is 3.58. The molecule has 276 valence electrons. The second-order valence-electron chi connectivity index (χ2n) is 16.3. The third-order valence-corrected chi connectivity index (χ3v) is 11.5. The molecule has 1 aliphatic heterocycles. The molecule has 2 saturated carbocycles. The van der Waals surface area contributed by atoms with E-state index >= 15 is 0 Å². The number of hydrogen-bond acceptors (Lipinski definition) is 2. The molecule has 0 aromatic heterocycles. The van der Waals surface area contributed by atoms with Gasteiger partial charge >= 0.3 is 0 Å². The van der Waals surface area contributed by atoms with Crippen LogP contribution in [0.2, 0.25) is 0 Å². The third kappa shape index (κ3) is 17.2. The fraction of sp³-hybridized carbons (Fsp3) is 0.826. The molecular formula is C46H80O2. The van der Waals surface area contributed by atoms with Crippen molar-refractivity contribution in [2.24, 2.45) is 11.3 Å². The molecule has 2 heteroatoms. The number of unbranched alkanes of at least 4 members (excludes halogenated alkanes) is 18. The molecule has 2 aliphatic carbocycles. The van der Waals surface area contributed by atoms with Gasteiger partial charge in [0.25, 0.3) is 0 Å². The Hall–Kier alpha value is -1.12. The van der Waals surface area contributed by atoms with E-state index in [1.54, 1.807) is 0 Å². The maximum absolute atomic E-state index is 6.66. The standard InChI is InChI=1S/C46H80O2/c1-4-6-8-10-12-14-16-18-20-22-24-26-28-30-32-34-36-45(40-46(41-45)47-43-38-42(3)39-44(43)48-46)37-35-33-31-29-27-25-23-21-19-17-15-13-11-9-7-5-2/h12-15,18-21,42-44H,4-11,16-17,22-41H2,1-3H3/b14-12-,15-13-,20-18-,21-19-/t42?,43-,44+. The Morgan fingerprint density at radius 1 is 0.458 bits per heavy atom. The van der Waals surface area contributed by atoms with Crippen molar-refractivity contribution in [1.82, 2.24) is 0 Å². The molecule has 0 N–H and O–H groups in total. The smallest absolute Gasteiger partial charge is 0.170 e. The summed E-state index contributed by atoms with van der Waals surface area (Å²) in [4.78, 5) is 0. The quantitative estimate of drug-likeness (QED) is 0.0562. The van der Waals surface area contributed by atoms with Gasteiger partial charge in [-0.05, 0) is 101 Å². The van der Waals surface area contributed by atoms with E-state index in [2.05, 4.69) is 69.4 Å². The second-order valence-corrected chi connectivity index (χ2v) is 16.3. The minimum atomic E-state index is -0.216. The maximum atomic E-state index is 6.66. The molecule has 0 amide bonds. The Morgan fingerprint density at radius 2 is 0.812 bits per heavy atom. The first-order valence-electron chi connectivity index (χ1n) is 21.6. The number of fused-ring (bicyclic) bond motifs is 1. The van der Waals surface area contributed by atoms with Crippen molar-refractivity contribution in [1.29, 1.82) is 0 Å². The van der Waals surface area contributed by atoms with Gasteiger partial charge in [-0.25, -0.2) is 0 Å². The Labute approximate surface area is 300 Å². The van der Waals surface area contributed by atoms with Crippen LogP contribution < -0.4 is 0 Å². The maximum Gasteiger partial charge on any atom is 0.170 e. The summed E-state index contributed by atoms with van der Waals surface area (Å²) in [6.07, 6.45) is 59.2. The van der Waals surface area contributed by atoms with E-state index < -0.39 is 0 Å². The molecule has 0 aromatic rings. The van der Waals surface area contributed by atoms with E-state index in [1.807, 2.05) is 0 Å². The SMILES string of the molecule is CCCCC/C=C\C/C=C\CCCCCCCCC1(CCCCCCCC/C=C\C/C=C\CCCCC)CC2(C1)O[C@H]1CC(C)C[C@H]1O2. The van der Waals surface area contributed by atoms with E-state index in [4.69, 9.17) is 9.47 Å². The molecular weight excluding hydrogens is 585 g/mol. The van der Waals surface area contributed by atoms with E-state index in [0.717, 1.165) is 18.8 Å². The number of allylic oxidation sites excluding steroid dienone is 8. The topological polar surface area (TPSA) is 18.5 Å². The summed E-state index contributed by atoms with van der Waals surface area (Å²) in [5, 5.41) is 0. The highest BCUT2D eigenvalue weighted by Crippen LogP contribution is 2.61. The Kier molecular flexibility index (Phi) is 22.2. The molecule has 3 atom stereocenters. The monoisotopic (exact) mass is 665 g/mol. The van der Waals surface area contributed by atoms with Gasteiger partial charge in [0.1, 0.15) is 0 Å². The van der Waals surface area contributed by atoms with Gasteiger partial charge in [-0.1, -0.05) is 159 Å². The van der Waals surface area contributed by atoms with Gasteiger partial charge in [0.2, 0.25) is 0 Å². The summed E-state index contributed by atoms with van der Waals surface area (Å²) < 4.78 is 13.3. The summed E-state index contributed by atoms with van der Waals surface area (Å²) >= 11 is 0. The number of ether oxygens (including phenoxy) is 2. The second kappa shape index (κ2) is 25.8. The third-order valence-electron chi connectivity index (χ3n) is 11.5. The highest BCUT2D eigenvalue weighted by atomic mass is 16.8. The van der Waals surface area contributed by atoms with Gasteiger partial charge in [0.05, 0.1) is 12.2 Å². The highest BCUT2D eigenvalue weighted by Gasteiger charge is 2.62. The van der Waals surface area contributed by atoms with Gasteiger partial charge in [0, 0.05) is 12.8 Å². The molecule has 0 bridgehead atoms. The summed E-state index contributed by atoms with van der Waals surface area (Å²) in [6, 6.07) is 0. The summed E-state index contributed by atoms with van der Waals surface area (Å²) in [7, 11) is 0. The molecule has 1 saturated heterocycles. The first kappa shape index (κ1) is 41.3. The molecule has 0 radical (unpaired) electrons. The Morgan fingerprint density at radius 3 is 1.21 bits per heavy atom. The van der Waals surface area contributed by atoms with Crippen LogP contribution in [-0.2, 0) is 9.47 Å². The van der Waals surface area contributed by atoms with Crippen molar-refractivity contribution in [2.45, 2.75) is 231 Å². The van der Waals surface area contributed by atoms with E-state index in [1.165, 1.54) is 180 Å².